The van der Waals surface area contributed by atoms with E-state index in [9.17, 15) is 4.79 Å². The molecular formula is C19H18ClNO2. The molecule has 0 heterocycles. The van der Waals surface area contributed by atoms with E-state index in [2.05, 4.69) is 6.07 Å². The van der Waals surface area contributed by atoms with Crippen LogP contribution in [0.2, 0.25) is 5.02 Å². The maximum Gasteiger partial charge on any atom is 0.314 e. The predicted octanol–water partition coefficient (Wildman–Crippen LogP) is 4.69. The van der Waals surface area contributed by atoms with E-state index in [1.807, 2.05) is 32.0 Å². The van der Waals surface area contributed by atoms with E-state index in [4.69, 9.17) is 21.6 Å². The lowest BCUT2D eigenvalue weighted by Crippen LogP contribution is -2.20. The molecule has 2 aromatic carbocycles. The molecule has 0 aliphatic heterocycles. The molecule has 0 aromatic heterocycles. The molecule has 0 fully saturated rings. The second kappa shape index (κ2) is 7.80. The van der Waals surface area contributed by atoms with Crippen LogP contribution in [-0.2, 0) is 16.1 Å². The summed E-state index contributed by atoms with van der Waals surface area (Å²) in [6, 6.07) is 16.4. The van der Waals surface area contributed by atoms with Gasteiger partial charge in [-0.15, -0.1) is 0 Å². The molecule has 0 spiro atoms. The van der Waals surface area contributed by atoms with Gasteiger partial charge in [0.25, 0.3) is 0 Å². The lowest BCUT2D eigenvalue weighted by Gasteiger charge is -2.20. The molecule has 118 valence electrons. The van der Waals surface area contributed by atoms with E-state index >= 15 is 0 Å². The fourth-order valence-corrected chi connectivity index (χ4v) is 2.56. The third kappa shape index (κ3) is 4.58. The molecule has 0 N–H and O–H groups in total. The highest BCUT2D eigenvalue weighted by atomic mass is 35.5. The van der Waals surface area contributed by atoms with Gasteiger partial charge in [-0.3, -0.25) is 4.79 Å². The minimum atomic E-state index is -0.341. The molecule has 2 rings (SSSR count). The average molecular weight is 328 g/mol. The number of carbonyl (C=O) groups is 1. The quantitative estimate of drug-likeness (QED) is 0.748. The third-order valence-electron chi connectivity index (χ3n) is 3.59. The summed E-state index contributed by atoms with van der Waals surface area (Å²) in [5.41, 5.74) is 2.24. The molecular weight excluding hydrogens is 310 g/mol. The van der Waals surface area contributed by atoms with Gasteiger partial charge in [0.1, 0.15) is 6.61 Å². The first-order chi connectivity index (χ1) is 11.0. The van der Waals surface area contributed by atoms with Crippen molar-refractivity contribution in [3.8, 4) is 6.07 Å². The van der Waals surface area contributed by atoms with E-state index in [-0.39, 0.29) is 24.4 Å². The highest BCUT2D eigenvalue weighted by Gasteiger charge is 2.25. The summed E-state index contributed by atoms with van der Waals surface area (Å²) in [6.07, 6.45) is 0. The van der Waals surface area contributed by atoms with Crippen LogP contribution >= 0.6 is 11.6 Å². The smallest absolute Gasteiger partial charge is 0.314 e. The fourth-order valence-electron chi connectivity index (χ4n) is 2.44. The zero-order valence-electron chi connectivity index (χ0n) is 13.1. The first-order valence-corrected chi connectivity index (χ1v) is 7.80. The van der Waals surface area contributed by atoms with Gasteiger partial charge < -0.3 is 4.74 Å². The van der Waals surface area contributed by atoms with Gasteiger partial charge in [0.2, 0.25) is 0 Å². The van der Waals surface area contributed by atoms with Crippen LogP contribution in [0.15, 0.2) is 48.5 Å². The van der Waals surface area contributed by atoms with Gasteiger partial charge in [0, 0.05) is 5.02 Å². The van der Waals surface area contributed by atoms with Gasteiger partial charge in [0.05, 0.1) is 17.6 Å². The number of nitrogens with zero attached hydrogens (tertiary/aromatic N) is 1. The van der Waals surface area contributed by atoms with Crippen molar-refractivity contribution >= 4 is 17.6 Å². The van der Waals surface area contributed by atoms with Crippen molar-refractivity contribution in [1.82, 2.24) is 0 Å². The Balaban J connectivity index is 2.09. The Morgan fingerprint density at radius 1 is 1.22 bits per heavy atom. The van der Waals surface area contributed by atoms with Crippen LogP contribution in [0.5, 0.6) is 0 Å². The lowest BCUT2D eigenvalue weighted by molar-refractivity contribution is -0.148. The van der Waals surface area contributed by atoms with Crippen molar-refractivity contribution in [3.05, 3.63) is 70.2 Å². The Kier molecular flexibility index (Phi) is 5.78. The third-order valence-corrected chi connectivity index (χ3v) is 3.84. The Labute approximate surface area is 141 Å². The van der Waals surface area contributed by atoms with Crippen molar-refractivity contribution < 1.29 is 9.53 Å². The molecule has 0 radical (unpaired) electrons. The lowest BCUT2D eigenvalue weighted by atomic mass is 9.88. The summed E-state index contributed by atoms with van der Waals surface area (Å²) in [5.74, 6) is -0.509. The largest absolute Gasteiger partial charge is 0.460 e. The molecule has 1 unspecified atom stereocenters. The van der Waals surface area contributed by atoms with Crippen LogP contribution in [-0.4, -0.2) is 5.97 Å². The normalized spacial score (nSPS) is 11.8. The number of hydrogen-bond donors (Lipinski definition) is 0. The molecule has 0 saturated heterocycles. The monoisotopic (exact) mass is 327 g/mol. The molecule has 3 nitrogen and oxygen atoms in total. The topological polar surface area (TPSA) is 50.1 Å². The molecule has 4 heteroatoms. The van der Waals surface area contributed by atoms with Crippen LogP contribution in [0, 0.1) is 17.2 Å². The number of esters is 1. The molecule has 1 atom stereocenters. The Bertz CT molecular complexity index is 717. The summed E-state index contributed by atoms with van der Waals surface area (Å²) in [6.45, 7) is 4.12. The van der Waals surface area contributed by atoms with E-state index < -0.39 is 0 Å². The molecule has 2 aromatic rings. The van der Waals surface area contributed by atoms with Gasteiger partial charge in [0.15, 0.2) is 0 Å². The first kappa shape index (κ1) is 17.1. The zero-order chi connectivity index (χ0) is 16.8. The van der Waals surface area contributed by atoms with Crippen molar-refractivity contribution in [2.75, 3.05) is 0 Å². The summed E-state index contributed by atoms with van der Waals surface area (Å²) >= 11 is 5.90. The number of nitriles is 1. The number of hydrogen-bond acceptors (Lipinski definition) is 3. The summed E-state index contributed by atoms with van der Waals surface area (Å²) < 4.78 is 5.45. The predicted molar refractivity (Wildman–Crippen MR) is 90.0 cm³/mol. The number of rotatable bonds is 5. The van der Waals surface area contributed by atoms with E-state index in [1.165, 1.54) is 0 Å². The molecule has 0 aliphatic carbocycles. The second-order valence-electron chi connectivity index (χ2n) is 5.69. The van der Waals surface area contributed by atoms with Crippen molar-refractivity contribution in [2.45, 2.75) is 26.4 Å². The first-order valence-electron chi connectivity index (χ1n) is 7.42. The highest BCUT2D eigenvalue weighted by Crippen LogP contribution is 2.27. The maximum atomic E-state index is 12.5. The molecule has 0 amide bonds. The Morgan fingerprint density at radius 3 is 2.52 bits per heavy atom. The van der Waals surface area contributed by atoms with Gasteiger partial charge >= 0.3 is 5.97 Å². The minimum Gasteiger partial charge on any atom is -0.460 e. The zero-order valence-corrected chi connectivity index (χ0v) is 13.9. The standard InChI is InChI=1S/C19H18ClNO2/c1-13(2)18(16-6-8-17(20)9-7-16)19(22)23-12-15-5-3-4-14(10-15)11-21/h3-10,13,18H,12H2,1-2H3. The minimum absolute atomic E-state index is 0.106. The summed E-state index contributed by atoms with van der Waals surface area (Å²) in [7, 11) is 0. The number of carbonyl (C=O) groups excluding carboxylic acids is 1. The molecule has 23 heavy (non-hydrogen) atoms. The summed E-state index contributed by atoms with van der Waals surface area (Å²) in [5, 5.41) is 9.54. The molecule has 0 bridgehead atoms. The van der Waals surface area contributed by atoms with E-state index in [0.29, 0.717) is 10.6 Å². The number of ether oxygens (including phenoxy) is 1. The fraction of sp³-hybridized carbons (Fsp3) is 0.263. The van der Waals surface area contributed by atoms with Crippen LogP contribution in [0.1, 0.15) is 36.5 Å². The van der Waals surface area contributed by atoms with Crippen LogP contribution in [0.25, 0.3) is 0 Å². The Hall–Kier alpha value is -2.31. The Morgan fingerprint density at radius 2 is 1.91 bits per heavy atom. The molecule has 0 aliphatic rings. The van der Waals surface area contributed by atoms with Crippen molar-refractivity contribution in [3.63, 3.8) is 0 Å². The van der Waals surface area contributed by atoms with Gasteiger partial charge in [-0.25, -0.2) is 0 Å². The summed E-state index contributed by atoms with van der Waals surface area (Å²) in [4.78, 5) is 12.5. The maximum absolute atomic E-state index is 12.5. The van der Waals surface area contributed by atoms with Gasteiger partial charge in [-0.2, -0.15) is 5.26 Å². The van der Waals surface area contributed by atoms with Gasteiger partial charge in [-0.1, -0.05) is 49.7 Å². The number of halogens is 1. The highest BCUT2D eigenvalue weighted by molar-refractivity contribution is 6.30. The van der Waals surface area contributed by atoms with Crippen LogP contribution in [0.3, 0.4) is 0 Å². The van der Waals surface area contributed by atoms with Gasteiger partial charge in [-0.05, 0) is 41.3 Å². The SMILES string of the molecule is CC(C)C(C(=O)OCc1cccc(C#N)c1)c1ccc(Cl)cc1. The number of benzene rings is 2. The van der Waals surface area contributed by atoms with Crippen LogP contribution in [0.4, 0.5) is 0 Å². The molecule has 0 saturated carbocycles. The second-order valence-corrected chi connectivity index (χ2v) is 6.13. The van der Waals surface area contributed by atoms with E-state index in [1.54, 1.807) is 30.3 Å². The van der Waals surface area contributed by atoms with Crippen molar-refractivity contribution in [2.24, 2.45) is 5.92 Å². The average Bonchev–Trinajstić information content (AvgIpc) is 2.55. The van der Waals surface area contributed by atoms with Crippen LogP contribution < -0.4 is 0 Å². The van der Waals surface area contributed by atoms with E-state index in [0.717, 1.165) is 11.1 Å². The van der Waals surface area contributed by atoms with Crippen molar-refractivity contribution in [1.29, 1.82) is 5.26 Å².